The quantitative estimate of drug-likeness (QED) is 0.882. The SMILES string of the molecule is CN1C[C@H](COCc2ccccc2)CC[C@H]1C(=O)O. The van der Waals surface area contributed by atoms with Gasteiger partial charge in [-0.2, -0.15) is 0 Å². The van der Waals surface area contributed by atoms with Gasteiger partial charge in [-0.15, -0.1) is 0 Å². The zero-order chi connectivity index (χ0) is 13.7. The van der Waals surface area contributed by atoms with Gasteiger partial charge in [0.15, 0.2) is 0 Å². The van der Waals surface area contributed by atoms with E-state index in [-0.39, 0.29) is 6.04 Å². The first-order valence-electron chi connectivity index (χ1n) is 6.71. The van der Waals surface area contributed by atoms with Crippen molar-refractivity contribution < 1.29 is 14.6 Å². The lowest BCUT2D eigenvalue weighted by Crippen LogP contribution is -2.46. The summed E-state index contributed by atoms with van der Waals surface area (Å²) in [6.07, 6.45) is 1.64. The molecule has 19 heavy (non-hydrogen) atoms. The lowest BCUT2D eigenvalue weighted by Gasteiger charge is -2.34. The van der Waals surface area contributed by atoms with Gasteiger partial charge in [0, 0.05) is 6.54 Å². The summed E-state index contributed by atoms with van der Waals surface area (Å²) >= 11 is 0. The summed E-state index contributed by atoms with van der Waals surface area (Å²) in [6.45, 7) is 2.13. The molecule has 2 atom stereocenters. The number of rotatable bonds is 5. The third kappa shape index (κ3) is 4.04. The lowest BCUT2D eigenvalue weighted by molar-refractivity contribution is -0.144. The van der Waals surface area contributed by atoms with Crippen molar-refractivity contribution in [2.24, 2.45) is 5.92 Å². The van der Waals surface area contributed by atoms with E-state index < -0.39 is 5.97 Å². The van der Waals surface area contributed by atoms with E-state index in [1.807, 2.05) is 42.3 Å². The number of carboxylic acids is 1. The van der Waals surface area contributed by atoms with Crippen molar-refractivity contribution in [1.82, 2.24) is 4.90 Å². The molecule has 1 heterocycles. The molecule has 104 valence electrons. The van der Waals surface area contributed by atoms with Crippen LogP contribution in [0.4, 0.5) is 0 Å². The fraction of sp³-hybridized carbons (Fsp3) is 0.533. The predicted octanol–water partition coefficient (Wildman–Crippen LogP) is 2.00. The van der Waals surface area contributed by atoms with Gasteiger partial charge in [-0.05, 0) is 31.4 Å². The second-order valence-electron chi connectivity index (χ2n) is 5.24. The fourth-order valence-electron chi connectivity index (χ4n) is 2.61. The molecular weight excluding hydrogens is 242 g/mol. The smallest absolute Gasteiger partial charge is 0.320 e. The monoisotopic (exact) mass is 263 g/mol. The summed E-state index contributed by atoms with van der Waals surface area (Å²) in [4.78, 5) is 12.9. The molecule has 0 bridgehead atoms. The van der Waals surface area contributed by atoms with Crippen LogP contribution in [0.2, 0.25) is 0 Å². The number of ether oxygens (including phenoxy) is 1. The van der Waals surface area contributed by atoms with Crippen LogP contribution in [0.1, 0.15) is 18.4 Å². The van der Waals surface area contributed by atoms with Gasteiger partial charge in [-0.1, -0.05) is 30.3 Å². The number of benzene rings is 1. The van der Waals surface area contributed by atoms with Gasteiger partial charge in [0.1, 0.15) is 6.04 Å². The van der Waals surface area contributed by atoms with Crippen LogP contribution in [-0.2, 0) is 16.1 Å². The van der Waals surface area contributed by atoms with Crippen LogP contribution in [-0.4, -0.2) is 42.2 Å². The summed E-state index contributed by atoms with van der Waals surface area (Å²) in [7, 11) is 1.88. The molecule has 1 aliphatic rings. The molecule has 0 amide bonds. The van der Waals surface area contributed by atoms with Gasteiger partial charge in [0.25, 0.3) is 0 Å². The molecule has 1 N–H and O–H groups in total. The Bertz CT molecular complexity index is 407. The summed E-state index contributed by atoms with van der Waals surface area (Å²) in [5.41, 5.74) is 1.18. The molecule has 1 aliphatic heterocycles. The third-order valence-electron chi connectivity index (χ3n) is 3.68. The molecule has 4 heteroatoms. The Balaban J connectivity index is 1.72. The van der Waals surface area contributed by atoms with E-state index in [9.17, 15) is 4.79 Å². The van der Waals surface area contributed by atoms with Gasteiger partial charge >= 0.3 is 5.97 Å². The van der Waals surface area contributed by atoms with Crippen LogP contribution < -0.4 is 0 Å². The van der Waals surface area contributed by atoms with Gasteiger partial charge in [0.05, 0.1) is 13.2 Å². The molecule has 0 saturated carbocycles. The van der Waals surface area contributed by atoms with Gasteiger partial charge in [-0.25, -0.2) is 0 Å². The number of piperidine rings is 1. The summed E-state index contributed by atoms with van der Waals surface area (Å²) in [5, 5.41) is 9.05. The van der Waals surface area contributed by atoms with E-state index >= 15 is 0 Å². The van der Waals surface area contributed by atoms with Crippen LogP contribution >= 0.6 is 0 Å². The molecule has 2 rings (SSSR count). The number of likely N-dealkylation sites (tertiary alicyclic amines) is 1. The van der Waals surface area contributed by atoms with E-state index in [0.29, 0.717) is 25.6 Å². The largest absolute Gasteiger partial charge is 0.480 e. The van der Waals surface area contributed by atoms with Crippen molar-refractivity contribution in [1.29, 1.82) is 0 Å². The van der Waals surface area contributed by atoms with Crippen LogP contribution in [0.15, 0.2) is 30.3 Å². The average molecular weight is 263 g/mol. The van der Waals surface area contributed by atoms with E-state index in [1.165, 1.54) is 5.56 Å². The predicted molar refractivity (Wildman–Crippen MR) is 72.9 cm³/mol. The Kier molecular flexibility index (Phi) is 4.93. The second-order valence-corrected chi connectivity index (χ2v) is 5.24. The Labute approximate surface area is 114 Å². The summed E-state index contributed by atoms with van der Waals surface area (Å²) in [6, 6.07) is 9.77. The van der Waals surface area contributed by atoms with Crippen molar-refractivity contribution in [3.8, 4) is 0 Å². The highest BCUT2D eigenvalue weighted by Crippen LogP contribution is 2.21. The molecule has 0 aromatic heterocycles. The Morgan fingerprint density at radius 2 is 2.11 bits per heavy atom. The summed E-state index contributed by atoms with van der Waals surface area (Å²) in [5.74, 6) is -0.282. The molecule has 1 aromatic rings. The average Bonchev–Trinajstić information content (AvgIpc) is 2.39. The number of hydrogen-bond acceptors (Lipinski definition) is 3. The first-order chi connectivity index (χ1) is 9.16. The Morgan fingerprint density at radius 1 is 1.37 bits per heavy atom. The van der Waals surface area contributed by atoms with Crippen LogP contribution in [0.5, 0.6) is 0 Å². The van der Waals surface area contributed by atoms with Crippen molar-refractivity contribution in [3.05, 3.63) is 35.9 Å². The minimum absolute atomic E-state index is 0.328. The van der Waals surface area contributed by atoms with E-state index in [0.717, 1.165) is 13.0 Å². The molecule has 0 spiro atoms. The van der Waals surface area contributed by atoms with Crippen LogP contribution in [0.3, 0.4) is 0 Å². The normalized spacial score (nSPS) is 24.3. The van der Waals surface area contributed by atoms with Crippen molar-refractivity contribution in [2.75, 3.05) is 20.2 Å². The fourth-order valence-corrected chi connectivity index (χ4v) is 2.61. The molecule has 1 aromatic carbocycles. The highest BCUT2D eigenvalue weighted by Gasteiger charge is 2.30. The highest BCUT2D eigenvalue weighted by molar-refractivity contribution is 5.73. The standard InChI is InChI=1S/C15H21NO3/c1-16-9-13(7-8-14(16)15(17)18)11-19-10-12-5-3-2-4-6-12/h2-6,13-14H,7-11H2,1H3,(H,17,18)/t13-,14+/m1/s1. The zero-order valence-corrected chi connectivity index (χ0v) is 11.3. The maximum atomic E-state index is 11.0. The van der Waals surface area contributed by atoms with Gasteiger partial charge in [-0.3, -0.25) is 9.69 Å². The first-order valence-corrected chi connectivity index (χ1v) is 6.71. The molecular formula is C15H21NO3. The molecule has 0 aliphatic carbocycles. The molecule has 1 fully saturated rings. The van der Waals surface area contributed by atoms with Crippen molar-refractivity contribution in [2.45, 2.75) is 25.5 Å². The molecule has 1 saturated heterocycles. The maximum Gasteiger partial charge on any atom is 0.320 e. The minimum atomic E-state index is -0.717. The topological polar surface area (TPSA) is 49.8 Å². The third-order valence-corrected chi connectivity index (χ3v) is 3.68. The van der Waals surface area contributed by atoms with Crippen LogP contribution in [0, 0.1) is 5.92 Å². The van der Waals surface area contributed by atoms with Crippen LogP contribution in [0.25, 0.3) is 0 Å². The van der Waals surface area contributed by atoms with Crippen molar-refractivity contribution in [3.63, 3.8) is 0 Å². The van der Waals surface area contributed by atoms with E-state index in [4.69, 9.17) is 9.84 Å². The summed E-state index contributed by atoms with van der Waals surface area (Å²) < 4.78 is 5.73. The molecule has 0 unspecified atom stereocenters. The number of carboxylic acid groups (broad SMARTS) is 1. The minimum Gasteiger partial charge on any atom is -0.480 e. The second kappa shape index (κ2) is 6.68. The Hall–Kier alpha value is -1.39. The lowest BCUT2D eigenvalue weighted by atomic mass is 9.94. The number of aliphatic carboxylic acids is 1. The number of carbonyl (C=O) groups is 1. The van der Waals surface area contributed by atoms with Gasteiger partial charge in [0.2, 0.25) is 0 Å². The van der Waals surface area contributed by atoms with Crippen molar-refractivity contribution >= 4 is 5.97 Å². The molecule has 0 radical (unpaired) electrons. The number of hydrogen-bond donors (Lipinski definition) is 1. The van der Waals surface area contributed by atoms with E-state index in [1.54, 1.807) is 0 Å². The number of likely N-dealkylation sites (N-methyl/N-ethyl adjacent to an activating group) is 1. The zero-order valence-electron chi connectivity index (χ0n) is 11.3. The Morgan fingerprint density at radius 3 is 2.74 bits per heavy atom. The maximum absolute atomic E-state index is 11.0. The molecule has 4 nitrogen and oxygen atoms in total. The van der Waals surface area contributed by atoms with Gasteiger partial charge < -0.3 is 9.84 Å². The highest BCUT2D eigenvalue weighted by atomic mass is 16.5. The van der Waals surface area contributed by atoms with E-state index in [2.05, 4.69) is 0 Å². The first kappa shape index (κ1) is 14.0. The number of nitrogens with zero attached hydrogens (tertiary/aromatic N) is 1.